The Labute approximate surface area is 86.5 Å². The van der Waals surface area contributed by atoms with E-state index < -0.39 is 5.60 Å². The van der Waals surface area contributed by atoms with Crippen molar-refractivity contribution < 1.29 is 10.2 Å². The normalized spacial score (nSPS) is 31.7. The molecule has 84 valence electrons. The summed E-state index contributed by atoms with van der Waals surface area (Å²) in [7, 11) is 0. The van der Waals surface area contributed by atoms with Crippen molar-refractivity contribution in [2.75, 3.05) is 13.1 Å². The first-order valence-corrected chi connectivity index (χ1v) is 5.66. The molecule has 0 aromatic heterocycles. The molecule has 0 heterocycles. The van der Waals surface area contributed by atoms with Gasteiger partial charge in [0.15, 0.2) is 0 Å². The van der Waals surface area contributed by atoms with Crippen LogP contribution < -0.4 is 5.32 Å². The summed E-state index contributed by atoms with van der Waals surface area (Å²) in [6, 6.07) is 0. The van der Waals surface area contributed by atoms with Crippen molar-refractivity contribution in [1.29, 1.82) is 0 Å². The van der Waals surface area contributed by atoms with Crippen LogP contribution in [0.1, 0.15) is 39.5 Å². The van der Waals surface area contributed by atoms with Gasteiger partial charge in [0.2, 0.25) is 0 Å². The highest BCUT2D eigenvalue weighted by Gasteiger charge is 2.25. The largest absolute Gasteiger partial charge is 0.393 e. The van der Waals surface area contributed by atoms with Crippen LogP contribution in [0.3, 0.4) is 0 Å². The number of hydrogen-bond donors (Lipinski definition) is 3. The molecule has 0 aromatic rings. The summed E-state index contributed by atoms with van der Waals surface area (Å²) in [5.41, 5.74) is -0.608. The van der Waals surface area contributed by atoms with Crippen LogP contribution in [0.2, 0.25) is 0 Å². The van der Waals surface area contributed by atoms with Gasteiger partial charge in [0.1, 0.15) is 0 Å². The summed E-state index contributed by atoms with van der Waals surface area (Å²) in [4.78, 5) is 0. The predicted molar refractivity (Wildman–Crippen MR) is 57.1 cm³/mol. The molecule has 0 amide bonds. The van der Waals surface area contributed by atoms with Crippen molar-refractivity contribution in [3.05, 3.63) is 0 Å². The first kappa shape index (κ1) is 12.0. The fourth-order valence-electron chi connectivity index (χ4n) is 1.91. The van der Waals surface area contributed by atoms with Crippen LogP contribution in [0.5, 0.6) is 0 Å². The second-order valence-electron chi connectivity index (χ2n) is 4.74. The highest BCUT2D eigenvalue weighted by molar-refractivity contribution is 4.80. The van der Waals surface area contributed by atoms with Crippen molar-refractivity contribution in [1.82, 2.24) is 5.32 Å². The maximum atomic E-state index is 9.74. The van der Waals surface area contributed by atoms with E-state index in [0.29, 0.717) is 12.5 Å². The second-order valence-corrected chi connectivity index (χ2v) is 4.74. The Bertz CT molecular complexity index is 171. The van der Waals surface area contributed by atoms with Gasteiger partial charge in [0.25, 0.3) is 0 Å². The molecule has 14 heavy (non-hydrogen) atoms. The molecule has 3 atom stereocenters. The highest BCUT2D eigenvalue weighted by atomic mass is 16.3. The maximum absolute atomic E-state index is 9.74. The van der Waals surface area contributed by atoms with Gasteiger partial charge in [0, 0.05) is 13.1 Å². The van der Waals surface area contributed by atoms with Crippen LogP contribution in [-0.4, -0.2) is 35.0 Å². The van der Waals surface area contributed by atoms with Crippen LogP contribution in [0, 0.1) is 5.92 Å². The highest BCUT2D eigenvalue weighted by Crippen LogP contribution is 2.24. The lowest BCUT2D eigenvalue weighted by Gasteiger charge is -2.23. The number of rotatable bonds is 5. The summed E-state index contributed by atoms with van der Waals surface area (Å²) in [5.74, 6) is 0.391. The second kappa shape index (κ2) is 5.10. The molecule has 3 N–H and O–H groups in total. The Kier molecular flexibility index (Phi) is 4.35. The molecule has 0 saturated heterocycles. The Morgan fingerprint density at radius 1 is 1.43 bits per heavy atom. The van der Waals surface area contributed by atoms with Gasteiger partial charge >= 0.3 is 0 Å². The lowest BCUT2D eigenvalue weighted by atomic mass is 10.0. The number of aliphatic hydroxyl groups is 2. The SMILES string of the molecule is CCC(C)(O)CNCC1CCCC1O. The zero-order valence-corrected chi connectivity index (χ0v) is 9.29. The third-order valence-corrected chi connectivity index (χ3v) is 3.29. The lowest BCUT2D eigenvalue weighted by molar-refractivity contribution is 0.0519. The molecule has 1 fully saturated rings. The summed E-state index contributed by atoms with van der Waals surface area (Å²) in [6.07, 6.45) is 3.82. The fourth-order valence-corrected chi connectivity index (χ4v) is 1.91. The fraction of sp³-hybridized carbons (Fsp3) is 1.00. The molecular weight excluding hydrogens is 178 g/mol. The van der Waals surface area contributed by atoms with E-state index >= 15 is 0 Å². The third-order valence-electron chi connectivity index (χ3n) is 3.29. The Hall–Kier alpha value is -0.120. The quantitative estimate of drug-likeness (QED) is 0.619. The maximum Gasteiger partial charge on any atom is 0.0740 e. The molecule has 3 unspecified atom stereocenters. The van der Waals surface area contributed by atoms with Crippen LogP contribution in [0.4, 0.5) is 0 Å². The molecule has 0 radical (unpaired) electrons. The van der Waals surface area contributed by atoms with Gasteiger partial charge in [-0.1, -0.05) is 13.3 Å². The molecule has 3 nitrogen and oxygen atoms in total. The van der Waals surface area contributed by atoms with Crippen molar-refractivity contribution in [2.45, 2.75) is 51.2 Å². The van der Waals surface area contributed by atoms with E-state index in [1.165, 1.54) is 0 Å². The van der Waals surface area contributed by atoms with Crippen molar-refractivity contribution in [3.63, 3.8) is 0 Å². The first-order valence-electron chi connectivity index (χ1n) is 5.66. The van der Waals surface area contributed by atoms with Gasteiger partial charge in [-0.15, -0.1) is 0 Å². The van der Waals surface area contributed by atoms with E-state index in [-0.39, 0.29) is 6.10 Å². The molecule has 1 aliphatic rings. The smallest absolute Gasteiger partial charge is 0.0740 e. The molecule has 1 saturated carbocycles. The van der Waals surface area contributed by atoms with Crippen molar-refractivity contribution in [2.24, 2.45) is 5.92 Å². The van der Waals surface area contributed by atoms with Gasteiger partial charge in [-0.3, -0.25) is 0 Å². The summed E-state index contributed by atoms with van der Waals surface area (Å²) in [6.45, 7) is 5.27. The van der Waals surface area contributed by atoms with Gasteiger partial charge in [-0.25, -0.2) is 0 Å². The molecule has 0 spiro atoms. The van der Waals surface area contributed by atoms with Crippen molar-refractivity contribution in [3.8, 4) is 0 Å². The molecule has 3 heteroatoms. The van der Waals surface area contributed by atoms with Crippen molar-refractivity contribution >= 4 is 0 Å². The lowest BCUT2D eigenvalue weighted by Crippen LogP contribution is -2.40. The van der Waals surface area contributed by atoms with Crippen LogP contribution >= 0.6 is 0 Å². The number of nitrogens with one attached hydrogen (secondary N) is 1. The van der Waals surface area contributed by atoms with Gasteiger partial charge in [-0.05, 0) is 32.1 Å². The van der Waals surface area contributed by atoms with E-state index in [9.17, 15) is 10.2 Å². The summed E-state index contributed by atoms with van der Waals surface area (Å²) in [5, 5.41) is 22.6. The van der Waals surface area contributed by atoms with Crippen LogP contribution in [0.25, 0.3) is 0 Å². The van der Waals surface area contributed by atoms with Gasteiger partial charge < -0.3 is 15.5 Å². The zero-order chi connectivity index (χ0) is 10.6. The minimum atomic E-state index is -0.608. The van der Waals surface area contributed by atoms with Gasteiger partial charge in [0.05, 0.1) is 11.7 Å². The number of hydrogen-bond acceptors (Lipinski definition) is 3. The summed E-state index contributed by atoms with van der Waals surface area (Å²) >= 11 is 0. The van der Waals surface area contributed by atoms with E-state index in [4.69, 9.17) is 0 Å². The van der Waals surface area contributed by atoms with E-state index in [1.807, 2.05) is 13.8 Å². The molecule has 1 aliphatic carbocycles. The number of aliphatic hydroxyl groups excluding tert-OH is 1. The van der Waals surface area contributed by atoms with Crippen LogP contribution in [-0.2, 0) is 0 Å². The monoisotopic (exact) mass is 201 g/mol. The topological polar surface area (TPSA) is 52.5 Å². The van der Waals surface area contributed by atoms with E-state index in [2.05, 4.69) is 5.32 Å². The molecule has 0 aliphatic heterocycles. The minimum Gasteiger partial charge on any atom is -0.393 e. The Morgan fingerprint density at radius 2 is 2.14 bits per heavy atom. The zero-order valence-electron chi connectivity index (χ0n) is 9.29. The third kappa shape index (κ3) is 3.56. The average Bonchev–Trinajstić information content (AvgIpc) is 2.52. The average molecular weight is 201 g/mol. The predicted octanol–water partition coefficient (Wildman–Crippen LogP) is 0.898. The molecular formula is C11H23NO2. The standard InChI is InChI=1S/C11H23NO2/c1-3-11(2,14)8-12-7-9-5-4-6-10(9)13/h9-10,12-14H,3-8H2,1-2H3. The first-order chi connectivity index (χ1) is 6.55. The van der Waals surface area contributed by atoms with E-state index in [0.717, 1.165) is 32.2 Å². The Balaban J connectivity index is 2.15. The molecule has 1 rings (SSSR count). The minimum absolute atomic E-state index is 0.130. The molecule has 0 aromatic carbocycles. The molecule has 0 bridgehead atoms. The van der Waals surface area contributed by atoms with Gasteiger partial charge in [-0.2, -0.15) is 0 Å². The summed E-state index contributed by atoms with van der Waals surface area (Å²) < 4.78 is 0. The Morgan fingerprint density at radius 3 is 2.64 bits per heavy atom. The van der Waals surface area contributed by atoms with Crippen LogP contribution in [0.15, 0.2) is 0 Å². The van der Waals surface area contributed by atoms with E-state index in [1.54, 1.807) is 0 Å².